The van der Waals surface area contributed by atoms with Crippen LogP contribution in [0.25, 0.3) is 16.6 Å². The molecule has 13 heteroatoms. The summed E-state index contributed by atoms with van der Waals surface area (Å²) in [6.45, 7) is 2.34. The van der Waals surface area contributed by atoms with Crippen LogP contribution in [0.2, 0.25) is 0 Å². The van der Waals surface area contributed by atoms with Gasteiger partial charge in [0.15, 0.2) is 5.69 Å². The summed E-state index contributed by atoms with van der Waals surface area (Å²) in [6, 6.07) is 5.21. The highest BCUT2D eigenvalue weighted by atomic mass is 19.4. The zero-order valence-electron chi connectivity index (χ0n) is 22.5. The van der Waals surface area contributed by atoms with Crippen LogP contribution in [-0.4, -0.2) is 54.0 Å². The highest BCUT2D eigenvalue weighted by Gasteiger charge is 2.41. The third-order valence-corrected chi connectivity index (χ3v) is 8.25. The topological polar surface area (TPSA) is 105 Å². The number of hydrogen-bond donors (Lipinski definition) is 2. The van der Waals surface area contributed by atoms with Crippen LogP contribution >= 0.6 is 0 Å². The number of aliphatic hydroxyl groups is 1. The number of fused-ring (bicyclic) bond motifs is 3. The van der Waals surface area contributed by atoms with Crippen molar-refractivity contribution in [2.75, 3.05) is 18.5 Å². The quantitative estimate of drug-likeness (QED) is 0.331. The van der Waals surface area contributed by atoms with E-state index >= 15 is 0 Å². The van der Waals surface area contributed by atoms with Crippen LogP contribution in [0.3, 0.4) is 0 Å². The van der Waals surface area contributed by atoms with Crippen molar-refractivity contribution in [2.24, 2.45) is 5.92 Å². The number of carbonyl (C=O) groups is 1. The van der Waals surface area contributed by atoms with Gasteiger partial charge in [-0.05, 0) is 43.9 Å². The molecule has 0 unspecified atom stereocenters. The largest absolute Gasteiger partial charge is 0.493 e. The molecule has 5 heterocycles. The summed E-state index contributed by atoms with van der Waals surface area (Å²) in [5.74, 6) is 0.0452. The van der Waals surface area contributed by atoms with Crippen molar-refractivity contribution >= 4 is 17.4 Å². The van der Waals surface area contributed by atoms with E-state index < -0.39 is 23.4 Å². The number of benzene rings is 1. The molecule has 0 bridgehead atoms. The van der Waals surface area contributed by atoms with Crippen molar-refractivity contribution in [3.05, 3.63) is 70.8 Å². The maximum Gasteiger partial charge on any atom is 0.433 e. The fourth-order valence-corrected chi connectivity index (χ4v) is 6.37. The van der Waals surface area contributed by atoms with E-state index in [-0.39, 0.29) is 48.7 Å². The maximum absolute atomic E-state index is 14.8. The average Bonchev–Trinajstić information content (AvgIpc) is 3.57. The van der Waals surface area contributed by atoms with Gasteiger partial charge in [-0.2, -0.15) is 13.2 Å². The molecule has 9 nitrogen and oxygen atoms in total. The fourth-order valence-electron chi connectivity index (χ4n) is 6.37. The minimum absolute atomic E-state index is 0.0173. The molecule has 1 amide bonds. The van der Waals surface area contributed by atoms with Crippen LogP contribution in [0.5, 0.6) is 5.75 Å². The fraction of sp³-hybridized carbons (Fsp3) is 0.379. The van der Waals surface area contributed by atoms with Gasteiger partial charge in [-0.25, -0.2) is 19.3 Å². The van der Waals surface area contributed by atoms with Crippen LogP contribution in [0.4, 0.5) is 23.5 Å². The molecule has 0 saturated heterocycles. The average molecular weight is 583 g/mol. The standard InChI is InChI=1S/C29H26F4N6O3/c1-28(41)8-15(9-28)12-38-13-21-16(2-5-23(37-21)29(31,32)33)19-11-35-27(39-14-36-24(25(19)39)26(38)40)34-10-18-17-6-7-42-22(17)4-3-20(18)30/h2-5,11,14-15,41H,6-10,12-13H2,1H3,(H,34,35). The number of hydrogen-bond acceptors (Lipinski definition) is 7. The number of aromatic nitrogens is 4. The summed E-state index contributed by atoms with van der Waals surface area (Å²) in [7, 11) is 0. The first kappa shape index (κ1) is 26.6. The van der Waals surface area contributed by atoms with E-state index in [9.17, 15) is 27.5 Å². The van der Waals surface area contributed by atoms with Crippen molar-refractivity contribution in [1.29, 1.82) is 0 Å². The minimum Gasteiger partial charge on any atom is -0.493 e. The first-order valence-electron chi connectivity index (χ1n) is 13.6. The molecular weight excluding hydrogens is 556 g/mol. The maximum atomic E-state index is 14.8. The van der Waals surface area contributed by atoms with E-state index in [4.69, 9.17) is 4.74 Å². The van der Waals surface area contributed by atoms with Crippen molar-refractivity contribution in [3.63, 3.8) is 0 Å². The highest BCUT2D eigenvalue weighted by Crippen LogP contribution is 2.40. The molecule has 4 aromatic rings. The van der Waals surface area contributed by atoms with E-state index in [2.05, 4.69) is 20.3 Å². The number of nitrogens with zero attached hydrogens (tertiary/aromatic N) is 5. The van der Waals surface area contributed by atoms with Crippen LogP contribution < -0.4 is 10.1 Å². The summed E-state index contributed by atoms with van der Waals surface area (Å²) in [6.07, 6.45) is -0.260. The third kappa shape index (κ3) is 4.42. The van der Waals surface area contributed by atoms with Crippen molar-refractivity contribution in [2.45, 2.75) is 51.1 Å². The number of halogens is 4. The minimum atomic E-state index is -4.67. The van der Waals surface area contributed by atoms with Gasteiger partial charge in [-0.3, -0.25) is 9.20 Å². The highest BCUT2D eigenvalue weighted by molar-refractivity contribution is 6.04. The van der Waals surface area contributed by atoms with E-state index in [0.717, 1.165) is 11.6 Å². The molecule has 2 aliphatic heterocycles. The van der Waals surface area contributed by atoms with Crippen molar-refractivity contribution in [3.8, 4) is 16.9 Å². The van der Waals surface area contributed by atoms with Crippen LogP contribution in [-0.2, 0) is 25.7 Å². The van der Waals surface area contributed by atoms with Gasteiger partial charge in [0.05, 0.1) is 30.0 Å². The normalized spacial score (nSPS) is 21.3. The second-order valence-corrected chi connectivity index (χ2v) is 11.4. The van der Waals surface area contributed by atoms with Gasteiger partial charge in [-0.1, -0.05) is 6.07 Å². The van der Waals surface area contributed by atoms with E-state index in [1.165, 1.54) is 29.6 Å². The monoisotopic (exact) mass is 582 g/mol. The molecule has 0 radical (unpaired) electrons. The second-order valence-electron chi connectivity index (χ2n) is 11.4. The summed E-state index contributed by atoms with van der Waals surface area (Å²) in [4.78, 5) is 28.2. The lowest BCUT2D eigenvalue weighted by Crippen LogP contribution is -2.47. The SMILES string of the molecule is CC1(O)CC(CN2Cc3nc(C(F)(F)F)ccc3-c3cnc(NCc4c(F)ccc5c4CCO5)n4cnc(c34)C2=O)C1. The molecule has 218 valence electrons. The Morgan fingerprint density at radius 2 is 1.98 bits per heavy atom. The number of ether oxygens (including phenoxy) is 1. The Kier molecular flexibility index (Phi) is 5.95. The molecule has 1 aliphatic carbocycles. The van der Waals surface area contributed by atoms with Gasteiger partial charge in [0.1, 0.15) is 23.6 Å². The Bertz CT molecular complexity index is 1740. The second kappa shape index (κ2) is 9.38. The molecule has 0 atom stereocenters. The molecule has 3 aromatic heterocycles. The zero-order valence-corrected chi connectivity index (χ0v) is 22.5. The molecule has 7 rings (SSSR count). The van der Waals surface area contributed by atoms with Crippen molar-refractivity contribution in [1.82, 2.24) is 24.3 Å². The van der Waals surface area contributed by atoms with Gasteiger partial charge in [0.25, 0.3) is 5.91 Å². The molecular formula is C29H26F4N6O3. The summed E-state index contributed by atoms with van der Waals surface area (Å²) in [5.41, 5.74) is 0.692. The lowest BCUT2D eigenvalue weighted by Gasteiger charge is -2.43. The summed E-state index contributed by atoms with van der Waals surface area (Å²) >= 11 is 0. The Morgan fingerprint density at radius 3 is 2.74 bits per heavy atom. The first-order valence-corrected chi connectivity index (χ1v) is 13.6. The number of rotatable bonds is 5. The Hall–Kier alpha value is -4.26. The van der Waals surface area contributed by atoms with Gasteiger partial charge in [0, 0.05) is 48.0 Å². The predicted molar refractivity (Wildman–Crippen MR) is 142 cm³/mol. The van der Waals surface area contributed by atoms with Crippen molar-refractivity contribution < 1.29 is 32.2 Å². The molecule has 1 aromatic carbocycles. The van der Waals surface area contributed by atoms with Gasteiger partial charge in [-0.15, -0.1) is 0 Å². The molecule has 42 heavy (non-hydrogen) atoms. The summed E-state index contributed by atoms with van der Waals surface area (Å²) in [5, 5.41) is 13.4. The number of anilines is 1. The molecule has 3 aliphatic rings. The number of amides is 1. The predicted octanol–water partition coefficient (Wildman–Crippen LogP) is 4.61. The first-order chi connectivity index (χ1) is 20.0. The van der Waals surface area contributed by atoms with Crippen LogP contribution in [0.15, 0.2) is 36.8 Å². The molecule has 2 N–H and O–H groups in total. The van der Waals surface area contributed by atoms with E-state index in [1.54, 1.807) is 17.4 Å². The van der Waals surface area contributed by atoms with E-state index in [1.807, 2.05) is 0 Å². The number of carbonyl (C=O) groups excluding carboxylic acids is 1. The molecule has 1 fully saturated rings. The zero-order chi connectivity index (χ0) is 29.4. The molecule has 1 saturated carbocycles. The van der Waals surface area contributed by atoms with E-state index in [0.29, 0.717) is 53.8 Å². The van der Waals surface area contributed by atoms with Gasteiger partial charge >= 0.3 is 6.18 Å². The number of imidazole rings is 1. The Morgan fingerprint density at radius 1 is 1.17 bits per heavy atom. The smallest absolute Gasteiger partial charge is 0.433 e. The van der Waals surface area contributed by atoms with Crippen LogP contribution in [0.1, 0.15) is 52.8 Å². The lowest BCUT2D eigenvalue weighted by atomic mass is 9.72. The third-order valence-electron chi connectivity index (χ3n) is 8.25. The number of pyridine rings is 1. The summed E-state index contributed by atoms with van der Waals surface area (Å²) < 4.78 is 62.8. The lowest BCUT2D eigenvalue weighted by molar-refractivity contribution is -0.141. The van der Waals surface area contributed by atoms with Crippen LogP contribution in [0, 0.1) is 11.7 Å². The number of nitrogens with one attached hydrogen (secondary N) is 1. The molecule has 0 spiro atoms. The Balaban J connectivity index is 1.31. The number of alkyl halides is 3. The Labute approximate surface area is 237 Å². The van der Waals surface area contributed by atoms with Gasteiger partial charge < -0.3 is 20.1 Å². The van der Waals surface area contributed by atoms with Gasteiger partial charge in [0.2, 0.25) is 5.95 Å².